The van der Waals surface area contributed by atoms with E-state index in [1.807, 2.05) is 13.8 Å². The fourth-order valence-corrected chi connectivity index (χ4v) is 4.89. The third-order valence-corrected chi connectivity index (χ3v) is 6.18. The van der Waals surface area contributed by atoms with E-state index in [0.29, 0.717) is 17.9 Å². The van der Waals surface area contributed by atoms with Crippen molar-refractivity contribution < 1.29 is 32.5 Å². The first-order chi connectivity index (χ1) is 11.7. The first-order valence-electron chi connectivity index (χ1n) is 8.10. The molecule has 0 bridgehead atoms. The quantitative estimate of drug-likeness (QED) is 0.354. The summed E-state index contributed by atoms with van der Waals surface area (Å²) in [5.41, 5.74) is 0.254. The Kier molecular flexibility index (Phi) is 9.86. The van der Waals surface area contributed by atoms with Crippen LogP contribution in [0.5, 0.6) is 0 Å². The van der Waals surface area contributed by atoms with Crippen LogP contribution in [-0.2, 0) is 22.7 Å². The van der Waals surface area contributed by atoms with Gasteiger partial charge in [-0.15, -0.1) is 0 Å². The zero-order valence-corrected chi connectivity index (χ0v) is 16.9. The Morgan fingerprint density at radius 2 is 1.48 bits per heavy atom. The average molecular weight is 415 g/mol. The molecule has 1 rings (SSSR count). The van der Waals surface area contributed by atoms with Crippen LogP contribution in [0.4, 0.5) is 0 Å². The molecule has 0 saturated carbocycles. The number of phosphoric acid groups is 1. The lowest BCUT2D eigenvalue weighted by Gasteiger charge is -2.27. The van der Waals surface area contributed by atoms with Gasteiger partial charge in [-0.3, -0.25) is 9.09 Å². The standard InChI is InChI=1S/C15H25ClO7P2/c1-3-5-11-21-24(17,22-12-6-4-2)15(23-25(18,19)20)13-7-9-14(16)10-8-13/h7-10,15H,3-6,11-12H2,1-2H3,(H2,18,19,20). The van der Waals surface area contributed by atoms with Crippen molar-refractivity contribution in [2.45, 2.75) is 45.4 Å². The summed E-state index contributed by atoms with van der Waals surface area (Å²) in [6, 6.07) is 5.97. The minimum absolute atomic E-state index is 0.133. The van der Waals surface area contributed by atoms with Gasteiger partial charge in [0.2, 0.25) is 0 Å². The van der Waals surface area contributed by atoms with Crippen molar-refractivity contribution in [2.24, 2.45) is 0 Å². The number of rotatable bonds is 12. The molecule has 7 nitrogen and oxygen atoms in total. The molecule has 0 aliphatic carbocycles. The Bertz CT molecular complexity index is 588. The summed E-state index contributed by atoms with van der Waals surface area (Å²) in [6.07, 6.45) is 2.87. The fraction of sp³-hybridized carbons (Fsp3) is 0.600. The van der Waals surface area contributed by atoms with Gasteiger partial charge >= 0.3 is 15.4 Å². The van der Waals surface area contributed by atoms with Crippen LogP contribution in [0.3, 0.4) is 0 Å². The normalized spacial score (nSPS) is 13.8. The third-order valence-electron chi connectivity index (χ3n) is 3.22. The first kappa shape index (κ1) is 22.8. The van der Waals surface area contributed by atoms with Crippen LogP contribution in [0.25, 0.3) is 0 Å². The van der Waals surface area contributed by atoms with Crippen molar-refractivity contribution in [1.29, 1.82) is 0 Å². The van der Waals surface area contributed by atoms with E-state index in [4.69, 9.17) is 25.2 Å². The molecule has 0 spiro atoms. The molecule has 0 saturated heterocycles. The SMILES string of the molecule is CCCCOP(=O)(OCCCC)C(OP(=O)(O)O)c1ccc(Cl)cc1. The average Bonchev–Trinajstić information content (AvgIpc) is 2.53. The summed E-state index contributed by atoms with van der Waals surface area (Å²) in [6.45, 7) is 4.15. The molecular formula is C15H25ClO7P2. The van der Waals surface area contributed by atoms with Crippen molar-refractivity contribution >= 4 is 27.0 Å². The number of unbranched alkanes of at least 4 members (excludes halogenated alkanes) is 2. The summed E-state index contributed by atoms with van der Waals surface area (Å²) >= 11 is 5.84. The van der Waals surface area contributed by atoms with Crippen molar-refractivity contribution in [3.63, 3.8) is 0 Å². The molecule has 1 atom stereocenters. The summed E-state index contributed by atoms with van der Waals surface area (Å²) in [7, 11) is -8.92. The lowest BCUT2D eigenvalue weighted by molar-refractivity contribution is 0.122. The Morgan fingerprint density at radius 3 is 1.88 bits per heavy atom. The maximum atomic E-state index is 13.3. The van der Waals surface area contributed by atoms with E-state index in [0.717, 1.165) is 12.8 Å². The second-order valence-corrected chi connectivity index (χ2v) is 9.11. The Morgan fingerprint density at radius 1 is 1.00 bits per heavy atom. The van der Waals surface area contributed by atoms with Gasteiger partial charge in [0.15, 0.2) is 5.85 Å². The highest BCUT2D eigenvalue weighted by atomic mass is 35.5. The van der Waals surface area contributed by atoms with E-state index in [9.17, 15) is 18.9 Å². The molecule has 0 aliphatic rings. The van der Waals surface area contributed by atoms with E-state index in [2.05, 4.69) is 0 Å². The van der Waals surface area contributed by atoms with Crippen LogP contribution in [0.2, 0.25) is 5.02 Å². The zero-order chi connectivity index (χ0) is 18.9. The largest absolute Gasteiger partial charge is 0.470 e. The van der Waals surface area contributed by atoms with Gasteiger partial charge in [-0.1, -0.05) is 50.4 Å². The van der Waals surface area contributed by atoms with Gasteiger partial charge in [-0.05, 0) is 30.5 Å². The number of phosphoric ester groups is 1. The van der Waals surface area contributed by atoms with Crippen LogP contribution >= 0.6 is 27.0 Å². The molecule has 1 aromatic carbocycles. The molecule has 0 heterocycles. The molecule has 1 unspecified atom stereocenters. The highest BCUT2D eigenvalue weighted by molar-refractivity contribution is 7.55. The van der Waals surface area contributed by atoms with E-state index in [1.165, 1.54) is 24.3 Å². The monoisotopic (exact) mass is 414 g/mol. The van der Waals surface area contributed by atoms with Crippen LogP contribution in [0.15, 0.2) is 24.3 Å². The second-order valence-electron chi connectivity index (χ2n) is 5.41. The molecule has 0 amide bonds. The number of hydrogen-bond donors (Lipinski definition) is 2. The maximum Gasteiger partial charge on any atom is 0.470 e. The molecule has 0 aliphatic heterocycles. The Hall–Kier alpha value is -0.230. The molecule has 144 valence electrons. The third kappa shape index (κ3) is 8.33. The van der Waals surface area contributed by atoms with Gasteiger partial charge < -0.3 is 18.8 Å². The number of halogens is 1. The van der Waals surface area contributed by atoms with Crippen LogP contribution in [-0.4, -0.2) is 23.0 Å². The predicted octanol–water partition coefficient (Wildman–Crippen LogP) is 5.27. The molecule has 0 fully saturated rings. The minimum atomic E-state index is -4.94. The van der Waals surface area contributed by atoms with Crippen molar-refractivity contribution in [1.82, 2.24) is 0 Å². The van der Waals surface area contributed by atoms with Gasteiger partial charge in [-0.2, -0.15) is 0 Å². The Labute approximate surface area is 153 Å². The van der Waals surface area contributed by atoms with E-state index in [-0.39, 0.29) is 18.8 Å². The smallest absolute Gasteiger partial charge is 0.307 e. The van der Waals surface area contributed by atoms with Gasteiger partial charge in [0.05, 0.1) is 13.2 Å². The van der Waals surface area contributed by atoms with Crippen LogP contribution in [0, 0.1) is 0 Å². The van der Waals surface area contributed by atoms with Gasteiger partial charge in [-0.25, -0.2) is 4.57 Å². The van der Waals surface area contributed by atoms with Crippen molar-refractivity contribution in [3.05, 3.63) is 34.9 Å². The van der Waals surface area contributed by atoms with Gasteiger partial charge in [0.25, 0.3) is 0 Å². The number of benzene rings is 1. The molecule has 0 aromatic heterocycles. The molecule has 0 radical (unpaired) electrons. The highest BCUT2D eigenvalue weighted by Crippen LogP contribution is 2.65. The topological polar surface area (TPSA) is 102 Å². The summed E-state index contributed by atoms with van der Waals surface area (Å²) in [4.78, 5) is 18.5. The van der Waals surface area contributed by atoms with Crippen LogP contribution in [0.1, 0.15) is 50.9 Å². The minimum Gasteiger partial charge on any atom is -0.307 e. The van der Waals surface area contributed by atoms with E-state index >= 15 is 0 Å². The lowest BCUT2D eigenvalue weighted by Crippen LogP contribution is -2.11. The maximum absolute atomic E-state index is 13.3. The van der Waals surface area contributed by atoms with Gasteiger partial charge in [0.1, 0.15) is 0 Å². The van der Waals surface area contributed by atoms with Crippen molar-refractivity contribution in [3.8, 4) is 0 Å². The molecule has 2 N–H and O–H groups in total. The number of hydrogen-bond acceptors (Lipinski definition) is 5. The zero-order valence-electron chi connectivity index (χ0n) is 14.3. The lowest BCUT2D eigenvalue weighted by atomic mass is 10.2. The Balaban J connectivity index is 3.17. The summed E-state index contributed by atoms with van der Waals surface area (Å²) < 4.78 is 40.4. The molecule has 10 heteroatoms. The molecule has 1 aromatic rings. The van der Waals surface area contributed by atoms with Crippen LogP contribution < -0.4 is 0 Å². The summed E-state index contributed by atoms with van der Waals surface area (Å²) in [5.74, 6) is -1.54. The fourth-order valence-electron chi connectivity index (χ4n) is 1.90. The predicted molar refractivity (Wildman–Crippen MR) is 96.6 cm³/mol. The second kappa shape index (κ2) is 10.8. The highest BCUT2D eigenvalue weighted by Gasteiger charge is 2.42. The van der Waals surface area contributed by atoms with Gasteiger partial charge in [0, 0.05) is 5.02 Å². The van der Waals surface area contributed by atoms with E-state index < -0.39 is 21.3 Å². The first-order valence-corrected chi connectivity index (χ1v) is 11.6. The van der Waals surface area contributed by atoms with E-state index in [1.54, 1.807) is 0 Å². The van der Waals surface area contributed by atoms with Crippen molar-refractivity contribution in [2.75, 3.05) is 13.2 Å². The molecule has 25 heavy (non-hydrogen) atoms. The summed E-state index contributed by atoms with van der Waals surface area (Å²) in [5, 5.41) is 0.423. The molecular weight excluding hydrogens is 390 g/mol.